The van der Waals surface area contributed by atoms with Crippen LogP contribution in [0.3, 0.4) is 0 Å². The van der Waals surface area contributed by atoms with Gasteiger partial charge >= 0.3 is 0 Å². The Balaban J connectivity index is 1.41. The smallest absolute Gasteiger partial charge is 0.270 e. The van der Waals surface area contributed by atoms with Gasteiger partial charge in [-0.15, -0.1) is 0 Å². The van der Waals surface area contributed by atoms with Crippen LogP contribution in [0, 0.1) is 6.92 Å². The molecule has 1 saturated heterocycles. The van der Waals surface area contributed by atoms with Crippen molar-refractivity contribution >= 4 is 73.5 Å². The summed E-state index contributed by atoms with van der Waals surface area (Å²) in [5.41, 5.74) is 3.17. The van der Waals surface area contributed by atoms with E-state index in [1.807, 2.05) is 31.2 Å². The molecule has 1 fully saturated rings. The van der Waals surface area contributed by atoms with E-state index in [1.165, 1.54) is 16.7 Å². The van der Waals surface area contributed by atoms with Crippen molar-refractivity contribution in [2.75, 3.05) is 23.9 Å². The summed E-state index contributed by atoms with van der Waals surface area (Å²) in [5, 5.41) is 2.82. The number of thioether (sulfide) groups is 1. The highest BCUT2D eigenvalue weighted by atomic mass is 79.9. The van der Waals surface area contributed by atoms with Crippen molar-refractivity contribution in [1.29, 1.82) is 0 Å². The molecule has 0 bridgehead atoms. The number of amides is 2. The fraction of sp³-hybridized carbons (Fsp3) is 0.115. The molecule has 3 aromatic carbocycles. The third-order valence-electron chi connectivity index (χ3n) is 5.09. The summed E-state index contributed by atoms with van der Waals surface area (Å²) < 4.78 is 12.3. The number of nitrogens with one attached hydrogen (secondary N) is 1. The Morgan fingerprint density at radius 1 is 1.11 bits per heavy atom. The molecule has 1 aliphatic heterocycles. The van der Waals surface area contributed by atoms with Gasteiger partial charge in [-0.3, -0.25) is 14.5 Å². The molecule has 4 rings (SSSR count). The van der Waals surface area contributed by atoms with E-state index in [1.54, 1.807) is 55.7 Å². The van der Waals surface area contributed by atoms with Crippen molar-refractivity contribution in [3.63, 3.8) is 0 Å². The van der Waals surface area contributed by atoms with Crippen LogP contribution in [-0.2, 0) is 9.59 Å². The molecule has 2 amide bonds. The number of anilines is 2. The van der Waals surface area contributed by atoms with Crippen LogP contribution in [-0.4, -0.2) is 29.9 Å². The van der Waals surface area contributed by atoms with Crippen molar-refractivity contribution in [2.24, 2.45) is 0 Å². The number of ether oxygens (including phenoxy) is 2. The SMILES string of the molecule is COc1ccc(N2C(=O)/C(=C/c3cccc(OCC(=O)Nc4ccc(Br)c(C)c4)c3)SC2=S)cc1. The van der Waals surface area contributed by atoms with Gasteiger partial charge in [-0.05, 0) is 78.7 Å². The number of hydrogen-bond acceptors (Lipinski definition) is 6. The van der Waals surface area contributed by atoms with Crippen molar-refractivity contribution in [2.45, 2.75) is 6.92 Å². The maximum Gasteiger partial charge on any atom is 0.270 e. The van der Waals surface area contributed by atoms with Gasteiger partial charge in [-0.2, -0.15) is 0 Å². The highest BCUT2D eigenvalue weighted by Crippen LogP contribution is 2.36. The van der Waals surface area contributed by atoms with E-state index < -0.39 is 0 Å². The second-order valence-corrected chi connectivity index (χ2v) is 10.1. The molecular weight excluding hydrogens is 548 g/mol. The number of thiocarbonyl (C=S) groups is 1. The molecule has 178 valence electrons. The number of aryl methyl sites for hydroxylation is 1. The zero-order chi connectivity index (χ0) is 24.9. The van der Waals surface area contributed by atoms with Gasteiger partial charge in [-0.1, -0.05) is 52.0 Å². The molecule has 0 aliphatic carbocycles. The molecule has 0 unspecified atom stereocenters. The van der Waals surface area contributed by atoms with Crippen LogP contribution in [0.2, 0.25) is 0 Å². The van der Waals surface area contributed by atoms with E-state index in [2.05, 4.69) is 21.2 Å². The van der Waals surface area contributed by atoms with Gasteiger partial charge in [0, 0.05) is 10.2 Å². The molecule has 1 aliphatic rings. The average Bonchev–Trinajstić information content (AvgIpc) is 3.13. The highest BCUT2D eigenvalue weighted by molar-refractivity contribution is 9.10. The van der Waals surface area contributed by atoms with Gasteiger partial charge < -0.3 is 14.8 Å². The molecule has 35 heavy (non-hydrogen) atoms. The van der Waals surface area contributed by atoms with Crippen LogP contribution in [0.1, 0.15) is 11.1 Å². The van der Waals surface area contributed by atoms with Crippen molar-refractivity contribution in [1.82, 2.24) is 0 Å². The van der Waals surface area contributed by atoms with Crippen LogP contribution in [0.5, 0.6) is 11.5 Å². The number of carbonyl (C=O) groups excluding carboxylic acids is 2. The first kappa shape index (κ1) is 25.0. The number of benzene rings is 3. The Morgan fingerprint density at radius 2 is 1.89 bits per heavy atom. The van der Waals surface area contributed by atoms with Crippen LogP contribution >= 0.6 is 39.9 Å². The summed E-state index contributed by atoms with van der Waals surface area (Å²) in [5.74, 6) is 0.761. The lowest BCUT2D eigenvalue weighted by atomic mass is 10.2. The molecule has 1 heterocycles. The zero-order valence-corrected chi connectivity index (χ0v) is 22.1. The lowest BCUT2D eigenvalue weighted by Gasteiger charge is -2.14. The molecule has 0 spiro atoms. The second-order valence-electron chi connectivity index (χ2n) is 7.59. The van der Waals surface area contributed by atoms with Crippen LogP contribution < -0.4 is 19.7 Å². The van der Waals surface area contributed by atoms with Crippen molar-refractivity contribution in [3.05, 3.63) is 87.2 Å². The first-order chi connectivity index (χ1) is 16.8. The Labute approximate surface area is 221 Å². The van der Waals surface area contributed by atoms with Gasteiger partial charge in [0.1, 0.15) is 11.5 Å². The maximum absolute atomic E-state index is 13.0. The zero-order valence-electron chi connectivity index (χ0n) is 18.9. The summed E-state index contributed by atoms with van der Waals surface area (Å²) in [6.07, 6.45) is 1.76. The fourth-order valence-corrected chi connectivity index (χ4v) is 4.88. The number of carbonyl (C=O) groups is 2. The fourth-order valence-electron chi connectivity index (χ4n) is 3.34. The molecule has 6 nitrogen and oxygen atoms in total. The monoisotopic (exact) mass is 568 g/mol. The van der Waals surface area contributed by atoms with Crippen molar-refractivity contribution < 1.29 is 19.1 Å². The summed E-state index contributed by atoms with van der Waals surface area (Å²) in [7, 11) is 1.59. The molecule has 0 aromatic heterocycles. The summed E-state index contributed by atoms with van der Waals surface area (Å²) in [4.78, 5) is 27.3. The number of hydrogen-bond donors (Lipinski definition) is 1. The maximum atomic E-state index is 13.0. The quantitative estimate of drug-likeness (QED) is 0.271. The molecule has 1 N–H and O–H groups in total. The third kappa shape index (κ3) is 6.11. The van der Waals surface area contributed by atoms with Gasteiger partial charge in [0.2, 0.25) is 0 Å². The van der Waals surface area contributed by atoms with E-state index in [9.17, 15) is 9.59 Å². The Bertz CT molecular complexity index is 1330. The molecule has 3 aromatic rings. The average molecular weight is 570 g/mol. The minimum atomic E-state index is -0.266. The summed E-state index contributed by atoms with van der Waals surface area (Å²) in [6.45, 7) is 1.81. The van der Waals surface area contributed by atoms with E-state index in [-0.39, 0.29) is 18.4 Å². The largest absolute Gasteiger partial charge is 0.497 e. The van der Waals surface area contributed by atoms with Crippen LogP contribution in [0.4, 0.5) is 11.4 Å². The minimum Gasteiger partial charge on any atom is -0.497 e. The number of methoxy groups -OCH3 is 1. The van der Waals surface area contributed by atoms with Gasteiger partial charge in [0.05, 0.1) is 17.7 Å². The number of rotatable bonds is 7. The highest BCUT2D eigenvalue weighted by Gasteiger charge is 2.33. The third-order valence-corrected chi connectivity index (χ3v) is 7.28. The number of halogens is 1. The second kappa shape index (κ2) is 11.1. The van der Waals surface area contributed by atoms with E-state index >= 15 is 0 Å². The predicted octanol–water partition coefficient (Wildman–Crippen LogP) is 6.19. The first-order valence-electron chi connectivity index (χ1n) is 10.5. The lowest BCUT2D eigenvalue weighted by molar-refractivity contribution is -0.118. The van der Waals surface area contributed by atoms with E-state index in [4.69, 9.17) is 21.7 Å². The Kier molecular flexibility index (Phi) is 7.90. The Morgan fingerprint density at radius 3 is 2.60 bits per heavy atom. The topological polar surface area (TPSA) is 67.9 Å². The molecule has 0 atom stereocenters. The summed E-state index contributed by atoms with van der Waals surface area (Å²) in [6, 6.07) is 19.9. The van der Waals surface area contributed by atoms with Gasteiger partial charge in [0.15, 0.2) is 10.9 Å². The normalized spacial score (nSPS) is 14.4. The van der Waals surface area contributed by atoms with Gasteiger partial charge in [0.25, 0.3) is 11.8 Å². The Hall–Kier alpha value is -3.14. The first-order valence-corrected chi connectivity index (χ1v) is 12.6. The number of nitrogens with zero attached hydrogens (tertiary/aromatic N) is 1. The van der Waals surface area contributed by atoms with Crippen molar-refractivity contribution in [3.8, 4) is 11.5 Å². The molecule has 0 radical (unpaired) electrons. The standard InChI is InChI=1S/C26H21BrN2O4S2/c1-16-12-18(6-11-22(16)27)28-24(30)15-33-21-5-3-4-17(13-21)14-23-25(31)29(26(34)35-23)19-7-9-20(32-2)10-8-19/h3-14H,15H2,1-2H3,(H,28,30)/b23-14-. The van der Waals surface area contributed by atoms with E-state index in [0.29, 0.717) is 32.1 Å². The molecule has 0 saturated carbocycles. The minimum absolute atomic E-state index is 0.141. The van der Waals surface area contributed by atoms with E-state index in [0.717, 1.165) is 15.6 Å². The summed E-state index contributed by atoms with van der Waals surface area (Å²) >= 11 is 10.1. The molecular formula is C26H21BrN2O4S2. The molecule has 9 heteroatoms. The van der Waals surface area contributed by atoms with Crippen LogP contribution in [0.15, 0.2) is 76.1 Å². The lowest BCUT2D eigenvalue weighted by Crippen LogP contribution is -2.27. The van der Waals surface area contributed by atoms with Gasteiger partial charge in [-0.25, -0.2) is 0 Å². The predicted molar refractivity (Wildman–Crippen MR) is 148 cm³/mol. The van der Waals surface area contributed by atoms with Crippen LogP contribution in [0.25, 0.3) is 6.08 Å².